The zero-order valence-corrected chi connectivity index (χ0v) is 9.83. The van der Waals surface area contributed by atoms with Crippen LogP contribution in [0.15, 0.2) is 18.2 Å². The minimum Gasteiger partial charge on any atom is -0.495 e. The fraction of sp³-hybridized carbons (Fsp3) is 0.364. The number of hydrogen-bond donors (Lipinski definition) is 2. The third-order valence-corrected chi connectivity index (χ3v) is 2.60. The van der Waals surface area contributed by atoms with Gasteiger partial charge in [0.25, 0.3) is 0 Å². The van der Waals surface area contributed by atoms with E-state index in [2.05, 4.69) is 0 Å². The topological polar surface area (TPSA) is 78.3 Å². The molecule has 4 nitrogen and oxygen atoms in total. The second kappa shape index (κ2) is 5.72. The number of amides is 1. The van der Waals surface area contributed by atoms with Crippen LogP contribution in [0.5, 0.6) is 5.75 Å². The van der Waals surface area contributed by atoms with Gasteiger partial charge in [0, 0.05) is 12.5 Å². The van der Waals surface area contributed by atoms with Crippen LogP contribution in [0.2, 0.25) is 5.02 Å². The van der Waals surface area contributed by atoms with Crippen molar-refractivity contribution < 1.29 is 9.53 Å². The number of rotatable bonds is 5. The van der Waals surface area contributed by atoms with E-state index in [1.807, 2.05) is 6.07 Å². The number of methoxy groups -OCH3 is 1. The van der Waals surface area contributed by atoms with Crippen LogP contribution in [0.3, 0.4) is 0 Å². The van der Waals surface area contributed by atoms with Crippen molar-refractivity contribution in [3.05, 3.63) is 28.8 Å². The molecule has 0 aliphatic heterocycles. The third-order valence-electron chi connectivity index (χ3n) is 2.31. The fourth-order valence-electron chi connectivity index (χ4n) is 1.38. The lowest BCUT2D eigenvalue weighted by Crippen LogP contribution is -2.16. The van der Waals surface area contributed by atoms with E-state index in [1.165, 1.54) is 0 Å². The molecule has 0 bridgehead atoms. The maximum Gasteiger partial charge on any atom is 0.217 e. The van der Waals surface area contributed by atoms with Gasteiger partial charge in [-0.2, -0.15) is 0 Å². The highest BCUT2D eigenvalue weighted by Crippen LogP contribution is 2.28. The molecule has 4 N–H and O–H groups in total. The maximum atomic E-state index is 10.6. The number of primary amides is 1. The summed E-state index contributed by atoms with van der Waals surface area (Å²) in [6.07, 6.45) is 0.781. The Hall–Kier alpha value is -1.26. The molecule has 0 spiro atoms. The molecule has 0 fully saturated rings. The highest BCUT2D eigenvalue weighted by molar-refractivity contribution is 6.32. The van der Waals surface area contributed by atoms with E-state index in [9.17, 15) is 4.79 Å². The van der Waals surface area contributed by atoms with Crippen LogP contribution in [-0.2, 0) is 4.79 Å². The summed E-state index contributed by atoms with van der Waals surface area (Å²) in [7, 11) is 1.55. The highest BCUT2D eigenvalue weighted by Gasteiger charge is 2.10. The molecular weight excluding hydrogens is 228 g/mol. The van der Waals surface area contributed by atoms with Gasteiger partial charge in [-0.25, -0.2) is 0 Å². The average Bonchev–Trinajstić information content (AvgIpc) is 2.25. The molecule has 5 heteroatoms. The lowest BCUT2D eigenvalue weighted by Gasteiger charge is -2.12. The van der Waals surface area contributed by atoms with E-state index in [0.29, 0.717) is 17.2 Å². The third kappa shape index (κ3) is 3.40. The average molecular weight is 243 g/mol. The summed E-state index contributed by atoms with van der Waals surface area (Å²) in [5.74, 6) is 0.252. The van der Waals surface area contributed by atoms with Gasteiger partial charge in [0.05, 0.1) is 12.1 Å². The van der Waals surface area contributed by atoms with Gasteiger partial charge in [-0.3, -0.25) is 4.79 Å². The molecule has 1 atom stereocenters. The predicted octanol–water partition coefficient (Wildman–Crippen LogP) is 1.61. The smallest absolute Gasteiger partial charge is 0.217 e. The molecule has 0 radical (unpaired) electrons. The number of halogens is 1. The van der Waals surface area contributed by atoms with Crippen LogP contribution in [0.25, 0.3) is 0 Å². The van der Waals surface area contributed by atoms with Crippen LogP contribution in [0.4, 0.5) is 0 Å². The van der Waals surface area contributed by atoms with Crippen LogP contribution in [-0.4, -0.2) is 13.0 Å². The zero-order chi connectivity index (χ0) is 12.1. The number of carbonyl (C=O) groups is 1. The molecule has 1 unspecified atom stereocenters. The minimum absolute atomic E-state index is 0.240. The van der Waals surface area contributed by atoms with Crippen molar-refractivity contribution in [2.45, 2.75) is 18.9 Å². The van der Waals surface area contributed by atoms with Crippen LogP contribution in [0, 0.1) is 0 Å². The lowest BCUT2D eigenvalue weighted by atomic mass is 10.0. The van der Waals surface area contributed by atoms with Crippen molar-refractivity contribution in [3.63, 3.8) is 0 Å². The van der Waals surface area contributed by atoms with E-state index >= 15 is 0 Å². The predicted molar refractivity (Wildman–Crippen MR) is 63.4 cm³/mol. The Morgan fingerprint density at radius 3 is 2.75 bits per heavy atom. The molecule has 0 aliphatic carbocycles. The van der Waals surface area contributed by atoms with Crippen molar-refractivity contribution in [1.29, 1.82) is 0 Å². The minimum atomic E-state index is -0.352. The number of nitrogens with two attached hydrogens (primary N) is 2. The molecule has 1 aromatic rings. The number of hydrogen-bond acceptors (Lipinski definition) is 3. The maximum absolute atomic E-state index is 10.6. The van der Waals surface area contributed by atoms with Gasteiger partial charge in [0.2, 0.25) is 5.91 Å². The Morgan fingerprint density at radius 2 is 2.25 bits per heavy atom. The molecule has 88 valence electrons. The summed E-state index contributed by atoms with van der Waals surface area (Å²) in [4.78, 5) is 10.6. The summed E-state index contributed by atoms with van der Waals surface area (Å²) in [5, 5.41) is 0.509. The molecular formula is C11H15ClN2O2. The Bertz CT molecular complexity index is 382. The van der Waals surface area contributed by atoms with E-state index in [-0.39, 0.29) is 18.4 Å². The fourth-order valence-corrected chi connectivity index (χ4v) is 1.64. The first-order valence-corrected chi connectivity index (χ1v) is 5.29. The van der Waals surface area contributed by atoms with Gasteiger partial charge >= 0.3 is 0 Å². The first kappa shape index (κ1) is 12.8. The molecule has 1 rings (SSSR count). The van der Waals surface area contributed by atoms with E-state index in [0.717, 1.165) is 5.56 Å². The number of benzene rings is 1. The quantitative estimate of drug-likeness (QED) is 0.824. The molecule has 0 saturated carbocycles. The zero-order valence-electron chi connectivity index (χ0n) is 9.07. The summed E-state index contributed by atoms with van der Waals surface area (Å²) in [5.41, 5.74) is 11.8. The summed E-state index contributed by atoms with van der Waals surface area (Å²) < 4.78 is 5.03. The van der Waals surface area contributed by atoms with Gasteiger partial charge in [0.15, 0.2) is 0 Å². The first-order valence-electron chi connectivity index (χ1n) is 4.92. The monoisotopic (exact) mass is 242 g/mol. The van der Waals surface area contributed by atoms with Crippen LogP contribution >= 0.6 is 11.6 Å². The standard InChI is InChI=1S/C11H15ClN2O2/c1-16-10-4-2-7(6-8(10)12)9(13)3-5-11(14)15/h2,4,6,9H,3,5,13H2,1H3,(H2,14,15). The van der Waals surface area contributed by atoms with Crippen molar-refractivity contribution in [2.24, 2.45) is 11.5 Å². The van der Waals surface area contributed by atoms with Gasteiger partial charge in [-0.05, 0) is 24.1 Å². The van der Waals surface area contributed by atoms with E-state index in [1.54, 1.807) is 19.2 Å². The van der Waals surface area contributed by atoms with E-state index in [4.69, 9.17) is 27.8 Å². The summed E-state index contributed by atoms with van der Waals surface area (Å²) >= 11 is 5.96. The van der Waals surface area contributed by atoms with Crippen molar-refractivity contribution in [3.8, 4) is 5.75 Å². The van der Waals surface area contributed by atoms with Crippen molar-refractivity contribution >= 4 is 17.5 Å². The Labute approximate surface area is 99.5 Å². The largest absolute Gasteiger partial charge is 0.495 e. The Balaban J connectivity index is 2.72. The van der Waals surface area contributed by atoms with Crippen LogP contribution in [0.1, 0.15) is 24.4 Å². The van der Waals surface area contributed by atoms with Crippen molar-refractivity contribution in [1.82, 2.24) is 0 Å². The van der Waals surface area contributed by atoms with Crippen LogP contribution < -0.4 is 16.2 Å². The SMILES string of the molecule is COc1ccc(C(N)CCC(N)=O)cc1Cl. The summed E-state index contributed by atoms with van der Waals surface area (Å²) in [6, 6.07) is 5.08. The Morgan fingerprint density at radius 1 is 1.56 bits per heavy atom. The van der Waals surface area contributed by atoms with Gasteiger partial charge in [-0.1, -0.05) is 17.7 Å². The van der Waals surface area contributed by atoms with E-state index < -0.39 is 0 Å². The second-order valence-electron chi connectivity index (χ2n) is 3.51. The molecule has 0 aliphatic rings. The van der Waals surface area contributed by atoms with Gasteiger partial charge in [-0.15, -0.1) is 0 Å². The molecule has 16 heavy (non-hydrogen) atoms. The Kier molecular flexibility index (Phi) is 4.58. The second-order valence-corrected chi connectivity index (χ2v) is 3.91. The molecule has 1 amide bonds. The number of carbonyl (C=O) groups excluding carboxylic acids is 1. The molecule has 0 heterocycles. The van der Waals surface area contributed by atoms with Gasteiger partial charge in [0.1, 0.15) is 5.75 Å². The highest BCUT2D eigenvalue weighted by atomic mass is 35.5. The van der Waals surface area contributed by atoms with Crippen molar-refractivity contribution in [2.75, 3.05) is 7.11 Å². The normalized spacial score (nSPS) is 12.2. The van der Waals surface area contributed by atoms with Gasteiger partial charge < -0.3 is 16.2 Å². The lowest BCUT2D eigenvalue weighted by molar-refractivity contribution is -0.118. The molecule has 0 aromatic heterocycles. The molecule has 0 saturated heterocycles. The number of ether oxygens (including phenoxy) is 1. The first-order chi connectivity index (χ1) is 7.54. The summed E-state index contributed by atoms with van der Waals surface area (Å²) in [6.45, 7) is 0. The molecule has 1 aromatic carbocycles.